The molecular weight excluding hydrogens is 400 g/mol. The van der Waals surface area contributed by atoms with Gasteiger partial charge in [0.25, 0.3) is 0 Å². The molecule has 1 aromatic rings. The number of hydrogen-bond donors (Lipinski definition) is 2. The Morgan fingerprint density at radius 2 is 1.81 bits per heavy atom. The van der Waals surface area contributed by atoms with E-state index < -0.39 is 11.7 Å². The minimum absolute atomic E-state index is 0.0118. The highest BCUT2D eigenvalue weighted by Gasteiger charge is 2.28. The molecular formula is C19H27BrN2O4. The normalized spacial score (nSPS) is 20.2. The van der Waals surface area contributed by atoms with Gasteiger partial charge in [0.1, 0.15) is 11.4 Å². The Hall–Kier alpha value is -1.76. The van der Waals surface area contributed by atoms with E-state index in [1.165, 1.54) is 0 Å². The van der Waals surface area contributed by atoms with Crippen LogP contribution in [0.3, 0.4) is 0 Å². The predicted molar refractivity (Wildman–Crippen MR) is 104 cm³/mol. The van der Waals surface area contributed by atoms with E-state index in [1.807, 2.05) is 32.9 Å². The number of carbonyl (C=O) groups excluding carboxylic acids is 2. The third-order valence-electron chi connectivity index (χ3n) is 4.24. The summed E-state index contributed by atoms with van der Waals surface area (Å²) in [5.41, 5.74) is 0.227. The van der Waals surface area contributed by atoms with Gasteiger partial charge in [0.05, 0.1) is 11.6 Å². The average molecular weight is 427 g/mol. The van der Waals surface area contributed by atoms with E-state index in [2.05, 4.69) is 26.6 Å². The van der Waals surface area contributed by atoms with Gasteiger partial charge in [-0.1, -0.05) is 0 Å². The number of methoxy groups -OCH3 is 1. The lowest BCUT2D eigenvalue weighted by atomic mass is 9.85. The first-order valence-electron chi connectivity index (χ1n) is 8.82. The van der Waals surface area contributed by atoms with E-state index in [9.17, 15) is 9.59 Å². The topological polar surface area (TPSA) is 76.7 Å². The van der Waals surface area contributed by atoms with Crippen molar-refractivity contribution in [2.24, 2.45) is 5.92 Å². The van der Waals surface area contributed by atoms with Crippen molar-refractivity contribution in [3.05, 3.63) is 22.7 Å². The highest BCUT2D eigenvalue weighted by Crippen LogP contribution is 2.29. The van der Waals surface area contributed by atoms with Gasteiger partial charge in [-0.15, -0.1) is 0 Å². The zero-order valence-electron chi connectivity index (χ0n) is 15.7. The first-order chi connectivity index (χ1) is 12.2. The minimum Gasteiger partial charge on any atom is -0.496 e. The number of alkyl carbamates (subject to hydrolysis) is 1. The summed E-state index contributed by atoms with van der Waals surface area (Å²) in [6, 6.07) is 5.51. The minimum atomic E-state index is -0.506. The number of rotatable bonds is 4. The van der Waals surface area contributed by atoms with Crippen LogP contribution in [0.4, 0.5) is 10.5 Å². The second kappa shape index (κ2) is 8.75. The second-order valence-electron chi connectivity index (χ2n) is 7.53. The van der Waals surface area contributed by atoms with E-state index in [0.29, 0.717) is 0 Å². The first kappa shape index (κ1) is 20.6. The third-order valence-corrected chi connectivity index (χ3v) is 4.86. The maximum Gasteiger partial charge on any atom is 0.407 e. The molecule has 2 amide bonds. The van der Waals surface area contributed by atoms with Crippen LogP contribution >= 0.6 is 15.9 Å². The fourth-order valence-electron chi connectivity index (χ4n) is 2.96. The molecule has 0 saturated heterocycles. The van der Waals surface area contributed by atoms with Crippen LogP contribution in [-0.2, 0) is 9.53 Å². The predicted octanol–water partition coefficient (Wildman–Crippen LogP) is 4.48. The number of ether oxygens (including phenoxy) is 2. The SMILES string of the molecule is COc1ccc(NC(=O)C2CCC(NC(=O)OC(C)(C)C)CC2)cc1Br. The second-order valence-corrected chi connectivity index (χ2v) is 8.39. The van der Waals surface area contributed by atoms with Crippen LogP contribution in [0.2, 0.25) is 0 Å². The zero-order chi connectivity index (χ0) is 19.3. The Morgan fingerprint density at radius 3 is 2.35 bits per heavy atom. The van der Waals surface area contributed by atoms with Gasteiger partial charge in [0.15, 0.2) is 0 Å². The molecule has 2 rings (SSSR count). The van der Waals surface area contributed by atoms with Gasteiger partial charge in [-0.25, -0.2) is 4.79 Å². The average Bonchev–Trinajstić information content (AvgIpc) is 2.53. The molecule has 1 aromatic carbocycles. The molecule has 1 saturated carbocycles. The van der Waals surface area contributed by atoms with Crippen LogP contribution in [0.5, 0.6) is 5.75 Å². The Kier molecular flexibility index (Phi) is 6.92. The van der Waals surface area contributed by atoms with E-state index in [-0.39, 0.29) is 17.9 Å². The molecule has 0 aromatic heterocycles. The number of hydrogen-bond acceptors (Lipinski definition) is 4. The van der Waals surface area contributed by atoms with Crippen LogP contribution in [0.25, 0.3) is 0 Å². The number of halogens is 1. The Labute approximate surface area is 163 Å². The summed E-state index contributed by atoms with van der Waals surface area (Å²) in [6.07, 6.45) is 2.62. The van der Waals surface area contributed by atoms with Crippen molar-refractivity contribution in [1.29, 1.82) is 0 Å². The molecule has 144 valence electrons. The molecule has 0 aliphatic heterocycles. The molecule has 0 unspecified atom stereocenters. The fraction of sp³-hybridized carbons (Fsp3) is 0.579. The maximum atomic E-state index is 12.5. The fourth-order valence-corrected chi connectivity index (χ4v) is 3.50. The van der Waals surface area contributed by atoms with Crippen LogP contribution in [-0.4, -0.2) is 30.8 Å². The summed E-state index contributed by atoms with van der Waals surface area (Å²) in [6.45, 7) is 5.52. The van der Waals surface area contributed by atoms with Crippen molar-refractivity contribution in [2.75, 3.05) is 12.4 Å². The van der Waals surface area contributed by atoms with Crippen LogP contribution < -0.4 is 15.4 Å². The lowest BCUT2D eigenvalue weighted by molar-refractivity contribution is -0.120. The number of amides is 2. The third kappa shape index (κ3) is 6.20. The summed E-state index contributed by atoms with van der Waals surface area (Å²) in [5, 5.41) is 5.85. The molecule has 7 heteroatoms. The smallest absolute Gasteiger partial charge is 0.407 e. The summed E-state index contributed by atoms with van der Waals surface area (Å²) < 4.78 is 11.3. The number of nitrogens with one attached hydrogen (secondary N) is 2. The molecule has 26 heavy (non-hydrogen) atoms. The van der Waals surface area contributed by atoms with Crippen molar-refractivity contribution in [1.82, 2.24) is 5.32 Å². The lowest BCUT2D eigenvalue weighted by Crippen LogP contribution is -2.42. The number of benzene rings is 1. The maximum absolute atomic E-state index is 12.5. The van der Waals surface area contributed by atoms with Gasteiger partial charge in [-0.2, -0.15) is 0 Å². The Balaban J connectivity index is 1.81. The quantitative estimate of drug-likeness (QED) is 0.743. The molecule has 0 bridgehead atoms. The summed E-state index contributed by atoms with van der Waals surface area (Å²) in [4.78, 5) is 24.3. The van der Waals surface area contributed by atoms with Crippen LogP contribution in [0, 0.1) is 5.92 Å². The summed E-state index contributed by atoms with van der Waals surface area (Å²) in [7, 11) is 1.60. The van der Waals surface area contributed by atoms with Crippen molar-refractivity contribution in [3.63, 3.8) is 0 Å². The highest BCUT2D eigenvalue weighted by molar-refractivity contribution is 9.10. The molecule has 1 aliphatic carbocycles. The largest absolute Gasteiger partial charge is 0.496 e. The molecule has 2 N–H and O–H groups in total. The monoisotopic (exact) mass is 426 g/mol. The Bertz CT molecular complexity index is 649. The lowest BCUT2D eigenvalue weighted by Gasteiger charge is -2.29. The molecule has 6 nitrogen and oxygen atoms in total. The van der Waals surface area contributed by atoms with Crippen LogP contribution in [0.1, 0.15) is 46.5 Å². The number of anilines is 1. The van der Waals surface area contributed by atoms with E-state index in [0.717, 1.165) is 41.6 Å². The summed E-state index contributed by atoms with van der Waals surface area (Å²) >= 11 is 3.42. The van der Waals surface area contributed by atoms with Crippen molar-refractivity contribution >= 4 is 33.6 Å². The van der Waals surface area contributed by atoms with Crippen molar-refractivity contribution in [3.8, 4) is 5.75 Å². The molecule has 1 aliphatic rings. The molecule has 0 heterocycles. The van der Waals surface area contributed by atoms with E-state index >= 15 is 0 Å². The van der Waals surface area contributed by atoms with Gasteiger partial charge in [0.2, 0.25) is 5.91 Å². The van der Waals surface area contributed by atoms with Crippen molar-refractivity contribution in [2.45, 2.75) is 58.1 Å². The van der Waals surface area contributed by atoms with Crippen molar-refractivity contribution < 1.29 is 19.1 Å². The number of carbonyl (C=O) groups is 2. The molecule has 0 radical (unpaired) electrons. The molecule has 0 atom stereocenters. The highest BCUT2D eigenvalue weighted by atomic mass is 79.9. The van der Waals surface area contributed by atoms with Gasteiger partial charge in [-0.05, 0) is 80.6 Å². The molecule has 1 fully saturated rings. The van der Waals surface area contributed by atoms with E-state index in [1.54, 1.807) is 13.2 Å². The van der Waals surface area contributed by atoms with Crippen LogP contribution in [0.15, 0.2) is 22.7 Å². The first-order valence-corrected chi connectivity index (χ1v) is 9.61. The van der Waals surface area contributed by atoms with Gasteiger partial charge >= 0.3 is 6.09 Å². The van der Waals surface area contributed by atoms with Gasteiger partial charge in [-0.3, -0.25) is 4.79 Å². The van der Waals surface area contributed by atoms with E-state index in [4.69, 9.17) is 9.47 Å². The standard InChI is InChI=1S/C19H27BrN2O4/c1-19(2,3)26-18(24)22-13-7-5-12(6-8-13)17(23)21-14-9-10-16(25-4)15(20)11-14/h9-13H,5-8H2,1-4H3,(H,21,23)(H,22,24). The zero-order valence-corrected chi connectivity index (χ0v) is 17.3. The van der Waals surface area contributed by atoms with Gasteiger partial charge in [0, 0.05) is 17.6 Å². The Morgan fingerprint density at radius 1 is 1.15 bits per heavy atom. The molecule has 0 spiro atoms. The van der Waals surface area contributed by atoms with Gasteiger partial charge < -0.3 is 20.1 Å². The summed E-state index contributed by atoms with van der Waals surface area (Å²) in [5.74, 6) is 0.682.